The molecular formula is C7H14N2S. The van der Waals surface area contributed by atoms with E-state index in [1.807, 2.05) is 0 Å². The first-order valence-electron chi connectivity index (χ1n) is 3.55. The lowest BCUT2D eigenvalue weighted by molar-refractivity contribution is 0.314. The molecule has 0 aromatic carbocycles. The second kappa shape index (κ2) is 6.91. The molecule has 0 atom stereocenters. The quantitative estimate of drug-likeness (QED) is 0.608. The Hall–Kier alpha value is -0.200. The summed E-state index contributed by atoms with van der Waals surface area (Å²) in [5, 5.41) is 8.28. The van der Waals surface area contributed by atoms with Crippen molar-refractivity contribution >= 4 is 12.6 Å². The Bertz CT molecular complexity index is 109. The monoisotopic (exact) mass is 158 g/mol. The van der Waals surface area contributed by atoms with Crippen molar-refractivity contribution in [2.24, 2.45) is 0 Å². The molecule has 0 heterocycles. The molecular weight excluding hydrogens is 144 g/mol. The molecule has 0 aromatic rings. The van der Waals surface area contributed by atoms with Crippen molar-refractivity contribution in [1.29, 1.82) is 5.26 Å². The molecule has 3 heteroatoms. The molecule has 0 spiro atoms. The van der Waals surface area contributed by atoms with E-state index in [-0.39, 0.29) is 0 Å². The van der Waals surface area contributed by atoms with Crippen LogP contribution in [0.3, 0.4) is 0 Å². The fourth-order valence-corrected chi connectivity index (χ4v) is 1.06. The van der Waals surface area contributed by atoms with Crippen LogP contribution in [-0.2, 0) is 0 Å². The summed E-state index contributed by atoms with van der Waals surface area (Å²) in [5.41, 5.74) is 0. The maximum Gasteiger partial charge on any atom is 0.0635 e. The highest BCUT2D eigenvalue weighted by Gasteiger charge is 1.97. The van der Waals surface area contributed by atoms with Crippen LogP contribution in [0.2, 0.25) is 0 Å². The lowest BCUT2D eigenvalue weighted by atomic mass is 10.4. The van der Waals surface area contributed by atoms with E-state index < -0.39 is 0 Å². The van der Waals surface area contributed by atoms with Crippen molar-refractivity contribution in [2.75, 3.05) is 25.4 Å². The maximum absolute atomic E-state index is 8.28. The van der Waals surface area contributed by atoms with Crippen molar-refractivity contribution in [3.63, 3.8) is 0 Å². The molecule has 10 heavy (non-hydrogen) atoms. The van der Waals surface area contributed by atoms with Gasteiger partial charge in [0.1, 0.15) is 0 Å². The third-order valence-corrected chi connectivity index (χ3v) is 1.60. The van der Waals surface area contributed by atoms with Gasteiger partial charge < -0.3 is 4.90 Å². The highest BCUT2D eigenvalue weighted by molar-refractivity contribution is 7.80. The van der Waals surface area contributed by atoms with E-state index >= 15 is 0 Å². The number of hydrogen-bond acceptors (Lipinski definition) is 3. The van der Waals surface area contributed by atoms with E-state index in [4.69, 9.17) is 5.26 Å². The standard InChI is InChI=1S/C7H14N2S/c1-2-9(6-7-10)5-3-4-8/h10H,2-3,5-7H2,1H3. The van der Waals surface area contributed by atoms with Gasteiger partial charge in [-0.15, -0.1) is 0 Å². The van der Waals surface area contributed by atoms with Gasteiger partial charge in [0.25, 0.3) is 0 Å². The summed E-state index contributed by atoms with van der Waals surface area (Å²) in [6, 6.07) is 2.12. The number of nitrogens with zero attached hydrogens (tertiary/aromatic N) is 2. The zero-order chi connectivity index (χ0) is 7.82. The van der Waals surface area contributed by atoms with Gasteiger partial charge in [-0.05, 0) is 6.54 Å². The van der Waals surface area contributed by atoms with Crippen LogP contribution in [0.25, 0.3) is 0 Å². The molecule has 0 saturated carbocycles. The van der Waals surface area contributed by atoms with Gasteiger partial charge in [-0.25, -0.2) is 0 Å². The van der Waals surface area contributed by atoms with Crippen LogP contribution >= 0.6 is 12.6 Å². The lowest BCUT2D eigenvalue weighted by Gasteiger charge is -2.16. The number of hydrogen-bond donors (Lipinski definition) is 1. The van der Waals surface area contributed by atoms with Crippen molar-refractivity contribution in [3.8, 4) is 6.07 Å². The van der Waals surface area contributed by atoms with Crippen LogP contribution in [0.5, 0.6) is 0 Å². The zero-order valence-electron chi connectivity index (χ0n) is 6.38. The summed E-state index contributed by atoms with van der Waals surface area (Å²) < 4.78 is 0. The molecule has 0 aliphatic heterocycles. The lowest BCUT2D eigenvalue weighted by Crippen LogP contribution is -2.26. The molecule has 0 unspecified atom stereocenters. The molecule has 0 radical (unpaired) electrons. The van der Waals surface area contributed by atoms with Crippen LogP contribution in [0.15, 0.2) is 0 Å². The zero-order valence-corrected chi connectivity index (χ0v) is 7.27. The third kappa shape index (κ3) is 4.66. The Labute approximate surface area is 68.2 Å². The fourth-order valence-electron chi connectivity index (χ4n) is 0.778. The summed E-state index contributed by atoms with van der Waals surface area (Å²) in [5.74, 6) is 0.874. The molecule has 0 aliphatic rings. The Morgan fingerprint density at radius 2 is 2.20 bits per heavy atom. The molecule has 0 saturated heterocycles. The molecule has 0 fully saturated rings. The number of rotatable bonds is 5. The Morgan fingerprint density at radius 1 is 1.50 bits per heavy atom. The van der Waals surface area contributed by atoms with Gasteiger partial charge in [-0.3, -0.25) is 0 Å². The molecule has 0 amide bonds. The SMILES string of the molecule is CCN(CCS)CCC#N. The van der Waals surface area contributed by atoms with Gasteiger partial charge in [0.15, 0.2) is 0 Å². The van der Waals surface area contributed by atoms with Crippen molar-refractivity contribution < 1.29 is 0 Å². The molecule has 0 aromatic heterocycles. The van der Waals surface area contributed by atoms with Gasteiger partial charge in [0, 0.05) is 25.3 Å². The van der Waals surface area contributed by atoms with Crippen LogP contribution in [-0.4, -0.2) is 30.3 Å². The van der Waals surface area contributed by atoms with Crippen LogP contribution in [0.1, 0.15) is 13.3 Å². The molecule has 2 nitrogen and oxygen atoms in total. The Balaban J connectivity index is 3.32. The van der Waals surface area contributed by atoms with Gasteiger partial charge in [-0.2, -0.15) is 17.9 Å². The highest BCUT2D eigenvalue weighted by Crippen LogP contribution is 1.90. The number of thiol groups is 1. The van der Waals surface area contributed by atoms with E-state index in [9.17, 15) is 0 Å². The van der Waals surface area contributed by atoms with E-state index in [2.05, 4.69) is 30.5 Å². The maximum atomic E-state index is 8.28. The Morgan fingerprint density at radius 3 is 2.60 bits per heavy atom. The third-order valence-electron chi connectivity index (χ3n) is 1.40. The number of nitriles is 1. The van der Waals surface area contributed by atoms with Crippen molar-refractivity contribution in [2.45, 2.75) is 13.3 Å². The first kappa shape index (κ1) is 9.80. The van der Waals surface area contributed by atoms with E-state index in [0.29, 0.717) is 6.42 Å². The smallest absolute Gasteiger partial charge is 0.0635 e. The molecule has 58 valence electrons. The first-order chi connectivity index (χ1) is 4.85. The molecule has 0 aliphatic carbocycles. The predicted octanol–water partition coefficient (Wildman–Crippen LogP) is 1.15. The van der Waals surface area contributed by atoms with E-state index in [1.165, 1.54) is 0 Å². The van der Waals surface area contributed by atoms with E-state index in [0.717, 1.165) is 25.4 Å². The minimum atomic E-state index is 0.627. The van der Waals surface area contributed by atoms with Gasteiger partial charge in [0.05, 0.1) is 6.07 Å². The summed E-state index contributed by atoms with van der Waals surface area (Å²) >= 11 is 4.11. The van der Waals surface area contributed by atoms with Gasteiger partial charge >= 0.3 is 0 Å². The second-order valence-electron chi connectivity index (χ2n) is 2.07. The summed E-state index contributed by atoms with van der Waals surface area (Å²) in [7, 11) is 0. The predicted molar refractivity (Wildman–Crippen MR) is 46.2 cm³/mol. The fraction of sp³-hybridized carbons (Fsp3) is 0.857. The van der Waals surface area contributed by atoms with Crippen LogP contribution in [0, 0.1) is 11.3 Å². The van der Waals surface area contributed by atoms with E-state index in [1.54, 1.807) is 0 Å². The minimum Gasteiger partial charge on any atom is -0.302 e. The minimum absolute atomic E-state index is 0.627. The van der Waals surface area contributed by atoms with Crippen LogP contribution < -0.4 is 0 Å². The summed E-state index contributed by atoms with van der Waals surface area (Å²) in [4.78, 5) is 2.22. The largest absolute Gasteiger partial charge is 0.302 e. The normalized spacial score (nSPS) is 9.80. The first-order valence-corrected chi connectivity index (χ1v) is 4.18. The van der Waals surface area contributed by atoms with Gasteiger partial charge in [-0.1, -0.05) is 6.92 Å². The second-order valence-corrected chi connectivity index (χ2v) is 2.51. The Kier molecular flexibility index (Phi) is 6.78. The van der Waals surface area contributed by atoms with Crippen molar-refractivity contribution in [1.82, 2.24) is 4.90 Å². The van der Waals surface area contributed by atoms with Crippen molar-refractivity contribution in [3.05, 3.63) is 0 Å². The molecule has 0 N–H and O–H groups in total. The van der Waals surface area contributed by atoms with Crippen LogP contribution in [0.4, 0.5) is 0 Å². The summed E-state index contributed by atoms with van der Waals surface area (Å²) in [6.45, 7) is 4.98. The highest BCUT2D eigenvalue weighted by atomic mass is 32.1. The molecule has 0 bridgehead atoms. The average Bonchev–Trinajstić information content (AvgIpc) is 1.98. The average molecular weight is 158 g/mol. The topological polar surface area (TPSA) is 27.0 Å². The van der Waals surface area contributed by atoms with Gasteiger partial charge in [0.2, 0.25) is 0 Å². The summed E-state index contributed by atoms with van der Waals surface area (Å²) in [6.07, 6.45) is 0.627. The molecule has 0 rings (SSSR count).